The highest BCUT2D eigenvalue weighted by molar-refractivity contribution is 6.29. The molecule has 0 unspecified atom stereocenters. The molecule has 2 aromatic rings. The number of hydrogen-bond donors (Lipinski definition) is 1. The standard InChI is InChI=1S/C14H12ClNO3/c1-8-3-4-9(2)11(7-8)19-13-10(14(17)18)5-6-12(15)16-13/h3-7H,1-2H3,(H,17,18). The van der Waals surface area contributed by atoms with Crippen molar-refractivity contribution < 1.29 is 14.6 Å². The topological polar surface area (TPSA) is 59.4 Å². The molecule has 0 atom stereocenters. The third kappa shape index (κ3) is 3.03. The van der Waals surface area contributed by atoms with Crippen LogP contribution in [0.25, 0.3) is 0 Å². The third-order valence-electron chi connectivity index (χ3n) is 2.61. The van der Waals surface area contributed by atoms with Crippen molar-refractivity contribution in [2.75, 3.05) is 0 Å². The van der Waals surface area contributed by atoms with Crippen LogP contribution in [0.1, 0.15) is 21.5 Å². The minimum absolute atomic E-state index is 0.00583. The predicted octanol–water partition coefficient (Wildman–Crippen LogP) is 3.84. The van der Waals surface area contributed by atoms with Crippen molar-refractivity contribution >= 4 is 17.6 Å². The van der Waals surface area contributed by atoms with Crippen LogP contribution in [0.5, 0.6) is 11.6 Å². The highest BCUT2D eigenvalue weighted by atomic mass is 35.5. The molecule has 1 N–H and O–H groups in total. The van der Waals surface area contributed by atoms with Crippen LogP contribution < -0.4 is 4.74 Å². The van der Waals surface area contributed by atoms with Gasteiger partial charge in [-0.1, -0.05) is 23.7 Å². The summed E-state index contributed by atoms with van der Waals surface area (Å²) in [7, 11) is 0. The monoisotopic (exact) mass is 277 g/mol. The maximum Gasteiger partial charge on any atom is 0.341 e. The summed E-state index contributed by atoms with van der Waals surface area (Å²) in [5.74, 6) is -0.546. The van der Waals surface area contributed by atoms with E-state index in [0.717, 1.165) is 11.1 Å². The number of aromatic nitrogens is 1. The van der Waals surface area contributed by atoms with Gasteiger partial charge in [-0.05, 0) is 43.2 Å². The fourth-order valence-corrected chi connectivity index (χ4v) is 1.72. The van der Waals surface area contributed by atoms with Crippen LogP contribution in [0.2, 0.25) is 5.15 Å². The third-order valence-corrected chi connectivity index (χ3v) is 2.82. The van der Waals surface area contributed by atoms with Crippen molar-refractivity contribution in [3.8, 4) is 11.6 Å². The molecular formula is C14H12ClNO3. The molecule has 0 fully saturated rings. The molecule has 0 saturated carbocycles. The second-order valence-electron chi connectivity index (χ2n) is 4.16. The van der Waals surface area contributed by atoms with Crippen LogP contribution in [-0.4, -0.2) is 16.1 Å². The van der Waals surface area contributed by atoms with Crippen LogP contribution in [0.15, 0.2) is 30.3 Å². The van der Waals surface area contributed by atoms with Gasteiger partial charge in [0.05, 0.1) is 0 Å². The minimum atomic E-state index is -1.11. The normalized spacial score (nSPS) is 10.3. The maximum absolute atomic E-state index is 11.1. The van der Waals surface area contributed by atoms with Gasteiger partial charge in [0.15, 0.2) is 0 Å². The average Bonchev–Trinajstić information content (AvgIpc) is 2.33. The summed E-state index contributed by atoms with van der Waals surface area (Å²) in [6.07, 6.45) is 0. The number of hydrogen-bond acceptors (Lipinski definition) is 3. The van der Waals surface area contributed by atoms with E-state index < -0.39 is 5.97 Å². The molecule has 0 bridgehead atoms. The largest absolute Gasteiger partial charge is 0.477 e. The van der Waals surface area contributed by atoms with Gasteiger partial charge in [-0.3, -0.25) is 0 Å². The van der Waals surface area contributed by atoms with Crippen molar-refractivity contribution in [2.24, 2.45) is 0 Å². The highest BCUT2D eigenvalue weighted by Crippen LogP contribution is 2.28. The van der Waals surface area contributed by atoms with E-state index in [1.807, 2.05) is 32.0 Å². The van der Waals surface area contributed by atoms with E-state index in [2.05, 4.69) is 4.98 Å². The van der Waals surface area contributed by atoms with Crippen molar-refractivity contribution in [3.05, 3.63) is 52.2 Å². The SMILES string of the molecule is Cc1ccc(C)c(Oc2nc(Cl)ccc2C(=O)O)c1. The van der Waals surface area contributed by atoms with Crippen LogP contribution in [0.4, 0.5) is 0 Å². The first-order valence-corrected chi connectivity index (χ1v) is 6.00. The van der Waals surface area contributed by atoms with Gasteiger partial charge in [-0.2, -0.15) is 0 Å². The van der Waals surface area contributed by atoms with Crippen molar-refractivity contribution in [1.29, 1.82) is 0 Å². The molecule has 0 spiro atoms. The fourth-order valence-electron chi connectivity index (χ4n) is 1.58. The van der Waals surface area contributed by atoms with Gasteiger partial charge in [0.25, 0.3) is 0 Å². The van der Waals surface area contributed by atoms with Gasteiger partial charge in [0.1, 0.15) is 16.5 Å². The molecule has 2 rings (SSSR count). The van der Waals surface area contributed by atoms with Gasteiger partial charge in [-0.25, -0.2) is 9.78 Å². The molecule has 0 saturated heterocycles. The van der Waals surface area contributed by atoms with E-state index in [0.29, 0.717) is 5.75 Å². The zero-order valence-corrected chi connectivity index (χ0v) is 11.2. The summed E-state index contributed by atoms with van der Waals surface area (Å²) in [5.41, 5.74) is 1.88. The van der Waals surface area contributed by atoms with Crippen molar-refractivity contribution in [1.82, 2.24) is 4.98 Å². The van der Waals surface area contributed by atoms with Gasteiger partial charge >= 0.3 is 5.97 Å². The Morgan fingerprint density at radius 2 is 2.00 bits per heavy atom. The van der Waals surface area contributed by atoms with E-state index in [4.69, 9.17) is 21.4 Å². The van der Waals surface area contributed by atoms with E-state index >= 15 is 0 Å². The smallest absolute Gasteiger partial charge is 0.341 e. The Hall–Kier alpha value is -2.07. The Morgan fingerprint density at radius 1 is 1.26 bits per heavy atom. The number of aryl methyl sites for hydroxylation is 2. The quantitative estimate of drug-likeness (QED) is 0.866. The lowest BCUT2D eigenvalue weighted by molar-refractivity contribution is 0.0693. The fraction of sp³-hybridized carbons (Fsp3) is 0.143. The molecule has 1 aromatic carbocycles. The average molecular weight is 278 g/mol. The summed E-state index contributed by atoms with van der Waals surface area (Å²) in [6.45, 7) is 3.80. The zero-order valence-electron chi connectivity index (χ0n) is 10.5. The first kappa shape index (κ1) is 13.4. The van der Waals surface area contributed by atoms with Crippen LogP contribution >= 0.6 is 11.6 Å². The van der Waals surface area contributed by atoms with E-state index in [1.165, 1.54) is 12.1 Å². The Kier molecular flexibility index (Phi) is 3.71. The summed E-state index contributed by atoms with van der Waals surface area (Å²) in [5, 5.41) is 9.28. The Morgan fingerprint density at radius 3 is 2.68 bits per heavy atom. The number of halogens is 1. The van der Waals surface area contributed by atoms with E-state index in [-0.39, 0.29) is 16.6 Å². The van der Waals surface area contributed by atoms with Crippen molar-refractivity contribution in [3.63, 3.8) is 0 Å². The molecule has 98 valence electrons. The highest BCUT2D eigenvalue weighted by Gasteiger charge is 2.15. The molecule has 1 aromatic heterocycles. The Balaban J connectivity index is 2.45. The molecule has 5 heteroatoms. The first-order valence-electron chi connectivity index (χ1n) is 5.62. The molecule has 1 heterocycles. The van der Waals surface area contributed by atoms with Crippen LogP contribution in [0.3, 0.4) is 0 Å². The van der Waals surface area contributed by atoms with Crippen LogP contribution in [0, 0.1) is 13.8 Å². The lowest BCUT2D eigenvalue weighted by Crippen LogP contribution is -2.02. The van der Waals surface area contributed by atoms with E-state index in [9.17, 15) is 4.79 Å². The van der Waals surface area contributed by atoms with Gasteiger partial charge in [-0.15, -0.1) is 0 Å². The second kappa shape index (κ2) is 5.28. The number of pyridine rings is 1. The number of benzene rings is 1. The molecule has 0 amide bonds. The molecule has 0 aliphatic rings. The Bertz CT molecular complexity index is 641. The van der Waals surface area contributed by atoms with Crippen molar-refractivity contribution in [2.45, 2.75) is 13.8 Å². The summed E-state index contributed by atoms with van der Waals surface area (Å²) in [4.78, 5) is 15.0. The van der Waals surface area contributed by atoms with Gasteiger partial charge < -0.3 is 9.84 Å². The maximum atomic E-state index is 11.1. The minimum Gasteiger partial charge on any atom is -0.477 e. The summed E-state index contributed by atoms with van der Waals surface area (Å²) < 4.78 is 5.59. The predicted molar refractivity (Wildman–Crippen MR) is 72.2 cm³/mol. The van der Waals surface area contributed by atoms with Gasteiger partial charge in [0, 0.05) is 0 Å². The molecule has 0 aliphatic heterocycles. The number of rotatable bonds is 3. The molecule has 4 nitrogen and oxygen atoms in total. The molecule has 19 heavy (non-hydrogen) atoms. The number of ether oxygens (including phenoxy) is 1. The second-order valence-corrected chi connectivity index (χ2v) is 4.55. The summed E-state index contributed by atoms with van der Waals surface area (Å²) >= 11 is 5.77. The first-order chi connectivity index (χ1) is 8.97. The number of carboxylic acid groups (broad SMARTS) is 1. The van der Waals surface area contributed by atoms with Gasteiger partial charge in [0.2, 0.25) is 5.88 Å². The lowest BCUT2D eigenvalue weighted by atomic mass is 10.1. The zero-order chi connectivity index (χ0) is 14.0. The molecular weight excluding hydrogens is 266 g/mol. The van der Waals surface area contributed by atoms with E-state index in [1.54, 1.807) is 0 Å². The number of carbonyl (C=O) groups is 1. The molecule has 0 radical (unpaired) electrons. The van der Waals surface area contributed by atoms with Crippen LogP contribution in [-0.2, 0) is 0 Å². The molecule has 0 aliphatic carbocycles. The number of nitrogens with zero attached hydrogens (tertiary/aromatic N) is 1. The number of aromatic carboxylic acids is 1. The number of carboxylic acids is 1. The lowest BCUT2D eigenvalue weighted by Gasteiger charge is -2.10. The summed E-state index contributed by atoms with van der Waals surface area (Å²) in [6, 6.07) is 8.46. The Labute approximate surface area is 115 Å².